The van der Waals surface area contributed by atoms with Crippen molar-refractivity contribution in [1.82, 2.24) is 9.80 Å². The molecule has 2 amide bonds. The summed E-state index contributed by atoms with van der Waals surface area (Å²) in [7, 11) is 3.22. The average molecular weight is 364 g/mol. The summed E-state index contributed by atoms with van der Waals surface area (Å²) in [6.45, 7) is 1.14. The first-order valence-electron chi connectivity index (χ1n) is 9.09. The Morgan fingerprint density at radius 2 is 1.70 bits per heavy atom. The number of carbonyl (C=O) groups is 2. The van der Waals surface area contributed by atoms with E-state index >= 15 is 0 Å². The van der Waals surface area contributed by atoms with Crippen LogP contribution in [0.15, 0.2) is 36.4 Å². The fourth-order valence-electron chi connectivity index (χ4n) is 4.66. The third-order valence-electron chi connectivity index (χ3n) is 5.95. The summed E-state index contributed by atoms with van der Waals surface area (Å²) < 4.78 is 10.9. The lowest BCUT2D eigenvalue weighted by atomic mass is 9.88. The first-order valence-corrected chi connectivity index (χ1v) is 9.09. The zero-order chi connectivity index (χ0) is 18.7. The van der Waals surface area contributed by atoms with Gasteiger partial charge in [-0.2, -0.15) is 0 Å². The van der Waals surface area contributed by atoms with Crippen LogP contribution in [0.3, 0.4) is 0 Å². The number of hydrogen-bond acceptors (Lipinski definition) is 4. The maximum absolute atomic E-state index is 13.3. The summed E-state index contributed by atoms with van der Waals surface area (Å²) >= 11 is 0. The number of fused-ring (bicyclic) bond motifs is 6. The van der Waals surface area contributed by atoms with E-state index in [1.807, 2.05) is 41.3 Å². The molecule has 0 spiro atoms. The molecule has 0 saturated carbocycles. The van der Waals surface area contributed by atoms with Crippen molar-refractivity contribution in [3.05, 3.63) is 58.7 Å². The number of ether oxygens (including phenoxy) is 2. The minimum Gasteiger partial charge on any atom is -0.493 e. The van der Waals surface area contributed by atoms with Gasteiger partial charge in [0.2, 0.25) is 0 Å². The van der Waals surface area contributed by atoms with Crippen LogP contribution in [0.25, 0.3) is 0 Å². The van der Waals surface area contributed by atoms with E-state index in [-0.39, 0.29) is 17.9 Å². The Kier molecular flexibility index (Phi) is 3.44. The second kappa shape index (κ2) is 5.74. The molecule has 0 aromatic heterocycles. The zero-order valence-electron chi connectivity index (χ0n) is 15.3. The molecule has 27 heavy (non-hydrogen) atoms. The van der Waals surface area contributed by atoms with E-state index in [4.69, 9.17) is 9.47 Å². The SMILES string of the molecule is COc1cc2c(cc1OC)[C@H]1CN3C(=O)c4ccccc4[C@H]3C(=O)N1CC2. The van der Waals surface area contributed by atoms with Gasteiger partial charge >= 0.3 is 0 Å². The van der Waals surface area contributed by atoms with Gasteiger partial charge in [0.1, 0.15) is 6.04 Å². The predicted molar refractivity (Wildman–Crippen MR) is 97.9 cm³/mol. The molecule has 5 rings (SSSR count). The molecule has 6 nitrogen and oxygen atoms in total. The van der Waals surface area contributed by atoms with Gasteiger partial charge in [0.25, 0.3) is 11.8 Å². The molecular formula is C21H20N2O4. The molecule has 1 fully saturated rings. The monoisotopic (exact) mass is 364 g/mol. The van der Waals surface area contributed by atoms with Crippen molar-refractivity contribution in [2.75, 3.05) is 27.3 Å². The number of carbonyl (C=O) groups excluding carboxylic acids is 2. The van der Waals surface area contributed by atoms with Crippen LogP contribution in [-0.4, -0.2) is 48.9 Å². The summed E-state index contributed by atoms with van der Waals surface area (Å²) in [6.07, 6.45) is 0.764. The molecule has 0 unspecified atom stereocenters. The van der Waals surface area contributed by atoms with Gasteiger partial charge in [-0.25, -0.2) is 0 Å². The Morgan fingerprint density at radius 1 is 0.963 bits per heavy atom. The van der Waals surface area contributed by atoms with E-state index in [0.717, 1.165) is 23.1 Å². The van der Waals surface area contributed by atoms with Gasteiger partial charge in [0.15, 0.2) is 11.5 Å². The molecule has 0 radical (unpaired) electrons. The smallest absolute Gasteiger partial charge is 0.255 e. The highest BCUT2D eigenvalue weighted by Crippen LogP contribution is 2.46. The van der Waals surface area contributed by atoms with Gasteiger partial charge in [-0.1, -0.05) is 18.2 Å². The molecule has 3 heterocycles. The standard InChI is InChI=1S/C21H20N2O4/c1-26-17-9-12-7-8-22-16(15(12)10-18(17)27-2)11-23-19(21(22)25)13-5-3-4-6-14(13)20(23)24/h3-6,9-10,16,19H,7-8,11H2,1-2H3/t16-,19+/m1/s1. The van der Waals surface area contributed by atoms with Crippen molar-refractivity contribution >= 4 is 11.8 Å². The van der Waals surface area contributed by atoms with Crippen molar-refractivity contribution in [2.24, 2.45) is 0 Å². The average Bonchev–Trinajstić information content (AvgIpc) is 2.99. The number of nitrogens with zero attached hydrogens (tertiary/aromatic N) is 2. The van der Waals surface area contributed by atoms with E-state index in [2.05, 4.69) is 0 Å². The van der Waals surface area contributed by atoms with Gasteiger partial charge in [-0.05, 0) is 41.3 Å². The van der Waals surface area contributed by atoms with Crippen LogP contribution in [-0.2, 0) is 11.2 Å². The third kappa shape index (κ3) is 2.13. The summed E-state index contributed by atoms with van der Waals surface area (Å²) in [5.41, 5.74) is 3.64. The summed E-state index contributed by atoms with van der Waals surface area (Å²) in [5, 5.41) is 0. The Morgan fingerprint density at radius 3 is 2.48 bits per heavy atom. The van der Waals surface area contributed by atoms with Crippen LogP contribution in [0.4, 0.5) is 0 Å². The van der Waals surface area contributed by atoms with Crippen LogP contribution < -0.4 is 9.47 Å². The zero-order valence-corrected chi connectivity index (χ0v) is 15.3. The van der Waals surface area contributed by atoms with Crippen LogP contribution in [0.5, 0.6) is 11.5 Å². The molecule has 0 bridgehead atoms. The van der Waals surface area contributed by atoms with Crippen molar-refractivity contribution < 1.29 is 19.1 Å². The maximum Gasteiger partial charge on any atom is 0.255 e. The summed E-state index contributed by atoms with van der Waals surface area (Å²) in [4.78, 5) is 29.9. The van der Waals surface area contributed by atoms with Crippen LogP contribution in [0, 0.1) is 0 Å². The lowest BCUT2D eigenvalue weighted by Crippen LogP contribution is -2.54. The molecular weight excluding hydrogens is 344 g/mol. The summed E-state index contributed by atoms with van der Waals surface area (Å²) in [6, 6.07) is 10.7. The number of hydrogen-bond donors (Lipinski definition) is 0. The Bertz CT molecular complexity index is 971. The number of benzene rings is 2. The van der Waals surface area contributed by atoms with E-state index in [9.17, 15) is 9.59 Å². The molecule has 2 atom stereocenters. The van der Waals surface area contributed by atoms with Gasteiger partial charge in [-0.15, -0.1) is 0 Å². The number of rotatable bonds is 2. The molecule has 6 heteroatoms. The lowest BCUT2D eigenvalue weighted by Gasteiger charge is -2.46. The molecule has 1 saturated heterocycles. The molecule has 0 N–H and O–H groups in total. The predicted octanol–water partition coefficient (Wildman–Crippen LogP) is 2.34. The first-order chi connectivity index (χ1) is 13.1. The fraction of sp³-hybridized carbons (Fsp3) is 0.333. The van der Waals surface area contributed by atoms with Crippen LogP contribution in [0.2, 0.25) is 0 Å². The third-order valence-corrected chi connectivity index (χ3v) is 5.95. The van der Waals surface area contributed by atoms with Gasteiger partial charge in [0, 0.05) is 18.7 Å². The number of piperazine rings is 1. The molecule has 0 aliphatic carbocycles. The van der Waals surface area contributed by atoms with E-state index in [1.54, 1.807) is 19.1 Å². The van der Waals surface area contributed by atoms with Crippen molar-refractivity contribution in [3.63, 3.8) is 0 Å². The molecule has 3 aliphatic heterocycles. The molecule has 2 aromatic rings. The minimum atomic E-state index is -0.494. The maximum atomic E-state index is 13.3. The highest BCUT2D eigenvalue weighted by molar-refractivity contribution is 6.05. The Hall–Kier alpha value is -3.02. The van der Waals surface area contributed by atoms with Crippen molar-refractivity contribution in [3.8, 4) is 11.5 Å². The molecule has 3 aliphatic rings. The largest absolute Gasteiger partial charge is 0.493 e. The van der Waals surface area contributed by atoms with Crippen molar-refractivity contribution in [2.45, 2.75) is 18.5 Å². The highest BCUT2D eigenvalue weighted by Gasteiger charge is 2.50. The van der Waals surface area contributed by atoms with Crippen molar-refractivity contribution in [1.29, 1.82) is 0 Å². The topological polar surface area (TPSA) is 59.1 Å². The molecule has 138 valence electrons. The quantitative estimate of drug-likeness (QED) is 0.821. The van der Waals surface area contributed by atoms with Crippen LogP contribution in [0.1, 0.15) is 39.1 Å². The first kappa shape index (κ1) is 16.2. The Labute approximate surface area is 157 Å². The number of methoxy groups -OCH3 is 2. The van der Waals surface area contributed by atoms with Gasteiger partial charge in [0.05, 0.1) is 20.3 Å². The van der Waals surface area contributed by atoms with E-state index in [1.165, 1.54) is 0 Å². The van der Waals surface area contributed by atoms with E-state index < -0.39 is 6.04 Å². The summed E-state index contributed by atoms with van der Waals surface area (Å²) in [5.74, 6) is 1.28. The minimum absolute atomic E-state index is 0.00462. The van der Waals surface area contributed by atoms with E-state index in [0.29, 0.717) is 30.2 Å². The number of amides is 2. The second-order valence-electron chi connectivity index (χ2n) is 7.15. The van der Waals surface area contributed by atoms with Crippen LogP contribution >= 0.6 is 0 Å². The lowest BCUT2D eigenvalue weighted by molar-refractivity contribution is -0.144. The van der Waals surface area contributed by atoms with Gasteiger partial charge in [-0.3, -0.25) is 9.59 Å². The van der Waals surface area contributed by atoms with Gasteiger partial charge < -0.3 is 19.3 Å². The Balaban J connectivity index is 1.59. The second-order valence-corrected chi connectivity index (χ2v) is 7.15. The normalized spacial score (nSPS) is 22.7. The molecule has 2 aromatic carbocycles. The fourth-order valence-corrected chi connectivity index (χ4v) is 4.66. The highest BCUT2D eigenvalue weighted by atomic mass is 16.5.